The fourth-order valence-electron chi connectivity index (χ4n) is 3.76. The van der Waals surface area contributed by atoms with E-state index in [0.29, 0.717) is 32.1 Å². The monoisotopic (exact) mass is 346 g/mol. The topological polar surface area (TPSA) is 50.8 Å². The van der Waals surface area contributed by atoms with Crippen LogP contribution in [0.5, 0.6) is 0 Å². The SMILES string of the molecule is Cc1ccccc1NCCC(=O)N1CCOCC1CC1CCOCC1. The van der Waals surface area contributed by atoms with E-state index in [1.807, 2.05) is 12.1 Å². The molecular weight excluding hydrogens is 316 g/mol. The van der Waals surface area contributed by atoms with Crippen molar-refractivity contribution in [2.75, 3.05) is 44.8 Å². The van der Waals surface area contributed by atoms with Gasteiger partial charge in [-0.25, -0.2) is 0 Å². The third kappa shape index (κ3) is 5.19. The summed E-state index contributed by atoms with van der Waals surface area (Å²) >= 11 is 0. The summed E-state index contributed by atoms with van der Waals surface area (Å²) in [4.78, 5) is 14.8. The molecule has 2 heterocycles. The predicted molar refractivity (Wildman–Crippen MR) is 98.8 cm³/mol. The second-order valence-electron chi connectivity index (χ2n) is 7.10. The molecule has 0 spiro atoms. The average Bonchev–Trinajstić information content (AvgIpc) is 2.64. The molecule has 1 unspecified atom stereocenters. The fourth-order valence-corrected chi connectivity index (χ4v) is 3.76. The van der Waals surface area contributed by atoms with Gasteiger partial charge in [-0.05, 0) is 43.7 Å². The van der Waals surface area contributed by atoms with Crippen molar-refractivity contribution < 1.29 is 14.3 Å². The number of carbonyl (C=O) groups is 1. The smallest absolute Gasteiger partial charge is 0.224 e. The van der Waals surface area contributed by atoms with Crippen molar-refractivity contribution in [2.24, 2.45) is 5.92 Å². The van der Waals surface area contributed by atoms with Crippen molar-refractivity contribution >= 4 is 11.6 Å². The zero-order chi connectivity index (χ0) is 17.5. The zero-order valence-corrected chi connectivity index (χ0v) is 15.2. The third-order valence-electron chi connectivity index (χ3n) is 5.29. The molecule has 0 radical (unpaired) electrons. The molecule has 1 atom stereocenters. The highest BCUT2D eigenvalue weighted by atomic mass is 16.5. The molecule has 25 heavy (non-hydrogen) atoms. The maximum absolute atomic E-state index is 12.7. The number of morpholine rings is 1. The van der Waals surface area contributed by atoms with E-state index < -0.39 is 0 Å². The number of para-hydroxylation sites is 1. The van der Waals surface area contributed by atoms with E-state index in [0.717, 1.165) is 44.7 Å². The van der Waals surface area contributed by atoms with E-state index in [-0.39, 0.29) is 11.9 Å². The molecule has 0 bridgehead atoms. The number of nitrogens with one attached hydrogen (secondary N) is 1. The molecule has 2 aliphatic heterocycles. The molecular formula is C20H30N2O3. The van der Waals surface area contributed by atoms with Crippen molar-refractivity contribution in [1.29, 1.82) is 0 Å². The van der Waals surface area contributed by atoms with Gasteiger partial charge >= 0.3 is 0 Å². The number of carbonyl (C=O) groups excluding carboxylic acids is 1. The lowest BCUT2D eigenvalue weighted by molar-refractivity contribution is -0.140. The molecule has 1 aromatic rings. The van der Waals surface area contributed by atoms with Crippen LogP contribution in [0.15, 0.2) is 24.3 Å². The molecule has 0 aliphatic carbocycles. The fraction of sp³-hybridized carbons (Fsp3) is 0.650. The minimum Gasteiger partial charge on any atom is -0.384 e. The van der Waals surface area contributed by atoms with Gasteiger partial charge in [-0.2, -0.15) is 0 Å². The first-order chi connectivity index (χ1) is 12.2. The Labute approximate surface area is 150 Å². The molecule has 138 valence electrons. The minimum absolute atomic E-state index is 0.225. The Kier molecular flexibility index (Phi) is 6.70. The largest absolute Gasteiger partial charge is 0.384 e. The predicted octanol–water partition coefficient (Wildman–Crippen LogP) is 2.84. The van der Waals surface area contributed by atoms with Crippen LogP contribution in [0.2, 0.25) is 0 Å². The van der Waals surface area contributed by atoms with Gasteiger partial charge in [-0.1, -0.05) is 18.2 Å². The quantitative estimate of drug-likeness (QED) is 0.860. The number of benzene rings is 1. The van der Waals surface area contributed by atoms with Crippen LogP contribution in [0, 0.1) is 12.8 Å². The molecule has 5 heteroatoms. The summed E-state index contributed by atoms with van der Waals surface area (Å²) in [6.45, 7) is 6.51. The first-order valence-corrected chi connectivity index (χ1v) is 9.48. The second kappa shape index (κ2) is 9.20. The van der Waals surface area contributed by atoms with Crippen LogP contribution in [0.1, 0.15) is 31.2 Å². The van der Waals surface area contributed by atoms with E-state index in [4.69, 9.17) is 9.47 Å². The summed E-state index contributed by atoms with van der Waals surface area (Å²) in [7, 11) is 0. The number of amides is 1. The van der Waals surface area contributed by atoms with Gasteiger partial charge in [0.05, 0.1) is 19.3 Å². The Morgan fingerprint density at radius 2 is 2.00 bits per heavy atom. The van der Waals surface area contributed by atoms with Gasteiger partial charge in [0.2, 0.25) is 5.91 Å². The van der Waals surface area contributed by atoms with Crippen molar-refractivity contribution in [3.05, 3.63) is 29.8 Å². The summed E-state index contributed by atoms with van der Waals surface area (Å²) in [6, 6.07) is 8.41. The molecule has 5 nitrogen and oxygen atoms in total. The lowest BCUT2D eigenvalue weighted by Crippen LogP contribution is -2.50. The summed E-state index contributed by atoms with van der Waals surface area (Å²) in [5.41, 5.74) is 2.31. The van der Waals surface area contributed by atoms with Gasteiger partial charge < -0.3 is 19.7 Å². The van der Waals surface area contributed by atoms with Gasteiger partial charge in [0.15, 0.2) is 0 Å². The lowest BCUT2D eigenvalue weighted by atomic mass is 9.91. The normalized spacial score (nSPS) is 22.0. The van der Waals surface area contributed by atoms with Crippen LogP contribution >= 0.6 is 0 Å². The minimum atomic E-state index is 0.225. The van der Waals surface area contributed by atoms with Crippen LogP contribution in [-0.4, -0.2) is 56.4 Å². The molecule has 2 saturated heterocycles. The van der Waals surface area contributed by atoms with E-state index in [2.05, 4.69) is 29.3 Å². The van der Waals surface area contributed by atoms with Gasteiger partial charge in [0, 0.05) is 38.4 Å². The molecule has 1 amide bonds. The number of aryl methyl sites for hydroxylation is 1. The van der Waals surface area contributed by atoms with Crippen LogP contribution in [0.25, 0.3) is 0 Å². The van der Waals surface area contributed by atoms with Gasteiger partial charge in [-0.3, -0.25) is 4.79 Å². The van der Waals surface area contributed by atoms with Crippen LogP contribution in [0.4, 0.5) is 5.69 Å². The number of hydrogen-bond donors (Lipinski definition) is 1. The van der Waals surface area contributed by atoms with Gasteiger partial charge in [0.25, 0.3) is 0 Å². The molecule has 1 N–H and O–H groups in total. The highest BCUT2D eigenvalue weighted by Crippen LogP contribution is 2.24. The number of rotatable bonds is 6. The van der Waals surface area contributed by atoms with E-state index in [1.165, 1.54) is 5.56 Å². The van der Waals surface area contributed by atoms with Crippen LogP contribution in [-0.2, 0) is 14.3 Å². The standard InChI is InChI=1S/C20H30N2O3/c1-16-4-2-3-5-19(16)21-9-6-20(23)22-10-13-25-15-18(22)14-17-7-11-24-12-8-17/h2-5,17-18,21H,6-15H2,1H3. The number of hydrogen-bond acceptors (Lipinski definition) is 4. The Balaban J connectivity index is 1.49. The maximum Gasteiger partial charge on any atom is 0.224 e. The average molecular weight is 346 g/mol. The summed E-state index contributed by atoms with van der Waals surface area (Å²) < 4.78 is 11.1. The number of anilines is 1. The van der Waals surface area contributed by atoms with Gasteiger partial charge in [-0.15, -0.1) is 0 Å². The summed E-state index contributed by atoms with van der Waals surface area (Å²) in [5.74, 6) is 0.891. The van der Waals surface area contributed by atoms with Gasteiger partial charge in [0.1, 0.15) is 0 Å². The molecule has 0 aromatic heterocycles. The van der Waals surface area contributed by atoms with Crippen molar-refractivity contribution in [3.8, 4) is 0 Å². The highest BCUT2D eigenvalue weighted by Gasteiger charge is 2.29. The summed E-state index contributed by atoms with van der Waals surface area (Å²) in [5, 5.41) is 3.38. The molecule has 3 rings (SSSR count). The molecule has 0 saturated carbocycles. The molecule has 1 aromatic carbocycles. The number of nitrogens with zero attached hydrogens (tertiary/aromatic N) is 1. The van der Waals surface area contributed by atoms with Crippen molar-refractivity contribution in [2.45, 2.75) is 38.6 Å². The lowest BCUT2D eigenvalue weighted by Gasteiger charge is -2.38. The Morgan fingerprint density at radius 1 is 1.20 bits per heavy atom. The number of ether oxygens (including phenoxy) is 2. The molecule has 2 fully saturated rings. The third-order valence-corrected chi connectivity index (χ3v) is 5.29. The first-order valence-electron chi connectivity index (χ1n) is 9.48. The van der Waals surface area contributed by atoms with Crippen LogP contribution < -0.4 is 5.32 Å². The van der Waals surface area contributed by atoms with Crippen LogP contribution in [0.3, 0.4) is 0 Å². The Morgan fingerprint density at radius 3 is 2.80 bits per heavy atom. The van der Waals surface area contributed by atoms with Crippen molar-refractivity contribution in [3.63, 3.8) is 0 Å². The highest BCUT2D eigenvalue weighted by molar-refractivity contribution is 5.77. The first kappa shape index (κ1) is 18.2. The maximum atomic E-state index is 12.7. The zero-order valence-electron chi connectivity index (χ0n) is 15.2. The molecule has 2 aliphatic rings. The summed E-state index contributed by atoms with van der Waals surface area (Å²) in [6.07, 6.45) is 3.78. The van der Waals surface area contributed by atoms with E-state index in [1.54, 1.807) is 0 Å². The Bertz CT molecular complexity index is 558. The second-order valence-corrected chi connectivity index (χ2v) is 7.10. The van der Waals surface area contributed by atoms with Crippen molar-refractivity contribution in [1.82, 2.24) is 4.90 Å². The Hall–Kier alpha value is -1.59. The van der Waals surface area contributed by atoms with E-state index in [9.17, 15) is 4.79 Å². The van der Waals surface area contributed by atoms with E-state index >= 15 is 0 Å².